The van der Waals surface area contributed by atoms with Crippen molar-refractivity contribution >= 4 is 44.9 Å². The Morgan fingerprint density at radius 1 is 0.794 bits per heavy atom. The van der Waals surface area contributed by atoms with Gasteiger partial charge < -0.3 is 36.4 Å². The predicted molar refractivity (Wildman–Crippen MR) is 246 cm³/mol. The van der Waals surface area contributed by atoms with Crippen LogP contribution in [0.4, 0.5) is 8.63 Å². The van der Waals surface area contributed by atoms with E-state index in [-0.39, 0.29) is 32.5 Å². The number of aryl methyl sites for hydroxylation is 1. The van der Waals surface area contributed by atoms with E-state index in [0.717, 1.165) is 33.8 Å². The van der Waals surface area contributed by atoms with E-state index in [0.29, 0.717) is 53.1 Å². The number of unbranched alkanes of at least 4 members (excludes halogenated alkanes) is 13. The van der Waals surface area contributed by atoms with E-state index in [9.17, 15) is 19.4 Å². The Hall–Kier alpha value is -3.78. The van der Waals surface area contributed by atoms with E-state index < -0.39 is 39.8 Å². The molecule has 0 saturated carbocycles. The fraction of sp³-hybridized carbons (Fsp3) is 0.562. The SMILES string of the molecule is CCCCCCCCCCCCCCCC(=O)OC[C@H](CO[P+]([O])([O-])OCC[N+](C)(C)C)OC(=O)CCCCc1ccc2n1[B-](F)(F)[N+]1=C(/C=C/C=C/c3ccccc3)C=CC1=C2. The van der Waals surface area contributed by atoms with Gasteiger partial charge in [-0.25, -0.2) is 0 Å². The summed E-state index contributed by atoms with van der Waals surface area (Å²) in [5.74, 6) is -1.12. The molecule has 0 spiro atoms. The van der Waals surface area contributed by atoms with Gasteiger partial charge in [-0.3, -0.25) is 9.59 Å². The summed E-state index contributed by atoms with van der Waals surface area (Å²) in [6, 6.07) is 13.1. The molecule has 0 amide bonds. The van der Waals surface area contributed by atoms with Crippen LogP contribution in [-0.2, 0) is 39.4 Å². The van der Waals surface area contributed by atoms with Crippen LogP contribution < -0.4 is 4.89 Å². The zero-order valence-corrected chi connectivity index (χ0v) is 39.0. The van der Waals surface area contributed by atoms with Crippen LogP contribution in [0.25, 0.3) is 12.2 Å². The molecule has 0 aliphatic carbocycles. The number of rotatable bonds is 32. The fourth-order valence-corrected chi connectivity index (χ4v) is 8.30. The zero-order valence-electron chi connectivity index (χ0n) is 38.1. The lowest BCUT2D eigenvalue weighted by molar-refractivity contribution is -0.870. The Kier molecular flexibility index (Phi) is 22.1. The summed E-state index contributed by atoms with van der Waals surface area (Å²) in [6.07, 6.45) is 27.6. The van der Waals surface area contributed by atoms with Gasteiger partial charge >= 0.3 is 27.1 Å². The molecule has 2 aromatic rings. The third-order valence-electron chi connectivity index (χ3n) is 11.1. The first kappa shape index (κ1) is 51.9. The van der Waals surface area contributed by atoms with Crippen molar-refractivity contribution in [2.45, 2.75) is 129 Å². The first-order chi connectivity index (χ1) is 30.2. The molecule has 1 radical (unpaired) electrons. The topological polar surface area (TPSA) is 122 Å². The van der Waals surface area contributed by atoms with Crippen LogP contribution in [0.2, 0.25) is 0 Å². The lowest BCUT2D eigenvalue weighted by Gasteiger charge is -2.30. The van der Waals surface area contributed by atoms with Gasteiger partial charge in [0.15, 0.2) is 17.5 Å². The number of halogens is 2. The number of likely N-dealkylation sites (N-methyl/N-ethyl adjacent to an activating group) is 1. The van der Waals surface area contributed by atoms with Gasteiger partial charge in [-0.2, -0.15) is 9.05 Å². The number of ether oxygens (including phenoxy) is 2. The van der Waals surface area contributed by atoms with Crippen LogP contribution in [-0.4, -0.2) is 91.7 Å². The standard InChI is InChI=1S/C48H71BF2N3O8P/c1-5-6-7-8-9-10-11-12-13-14-15-16-20-30-47(55)59-39-46(40-61-63(57,58)60-37-36-54(2,3)4)62-48(56)31-24-23-29-43-33-35-45-38-44-34-32-42(52(44)49(50,51)53(43)45)28-22-21-27-41-25-18-17-19-26-41/h17-19,21-22,25-28,32-35,38,46H,5-16,20,23-24,29-31,36-37,39-40H2,1-4H3/q+1/b27-21+,28-22+/t46-/m1/s1. The second-order valence-corrected chi connectivity index (χ2v) is 19.0. The number of allylic oxidation sites excluding steroid dienone is 5. The number of fused-ring (bicyclic) bond motifs is 2. The van der Waals surface area contributed by atoms with E-state index >= 15 is 8.63 Å². The van der Waals surface area contributed by atoms with Gasteiger partial charge in [0.05, 0.1) is 21.1 Å². The maximum absolute atomic E-state index is 16.3. The summed E-state index contributed by atoms with van der Waals surface area (Å²) >= 11 is 0. The van der Waals surface area contributed by atoms with Crippen molar-refractivity contribution in [3.05, 3.63) is 95.5 Å². The molecule has 0 saturated heterocycles. The lowest BCUT2D eigenvalue weighted by Crippen LogP contribution is -2.50. The molecule has 3 heterocycles. The van der Waals surface area contributed by atoms with Gasteiger partial charge in [0.25, 0.3) is 0 Å². The Bertz CT molecular complexity index is 1870. The first-order valence-electron chi connectivity index (χ1n) is 23.1. The fourth-order valence-electron chi connectivity index (χ4n) is 7.57. The molecule has 2 aliphatic rings. The molecule has 11 nitrogen and oxygen atoms in total. The number of hydrogen-bond acceptors (Lipinski definition) is 7. The number of esters is 2. The molecule has 0 N–H and O–H groups in total. The summed E-state index contributed by atoms with van der Waals surface area (Å²) in [7, 11) is 0.929. The van der Waals surface area contributed by atoms with Gasteiger partial charge in [0, 0.05) is 47.7 Å². The number of quaternary nitrogens is 1. The summed E-state index contributed by atoms with van der Waals surface area (Å²) in [4.78, 5) is 50.6. The number of benzene rings is 1. The van der Waals surface area contributed by atoms with Crippen molar-refractivity contribution in [2.24, 2.45) is 0 Å². The molecule has 0 unspecified atom stereocenters. The van der Waals surface area contributed by atoms with Crippen LogP contribution in [0.5, 0.6) is 0 Å². The second-order valence-electron chi connectivity index (χ2n) is 17.6. The Morgan fingerprint density at radius 3 is 2.08 bits per heavy atom. The minimum Gasteiger partial charge on any atom is -0.603 e. The largest absolute Gasteiger partial charge is 0.737 e. The number of carbonyl (C=O) groups is 2. The number of hydrogen-bond donors (Lipinski definition) is 0. The summed E-state index contributed by atoms with van der Waals surface area (Å²) in [6.45, 7) is -2.63. The Labute approximate surface area is 375 Å². The third-order valence-corrected chi connectivity index (χ3v) is 12.1. The molecule has 63 heavy (non-hydrogen) atoms. The van der Waals surface area contributed by atoms with Crippen molar-refractivity contribution in [1.29, 1.82) is 0 Å². The maximum Gasteiger partial charge on any atom is 0.737 e. The lowest BCUT2D eigenvalue weighted by atomic mass is 9.90. The molecule has 15 heteroatoms. The number of aromatic nitrogens is 1. The van der Waals surface area contributed by atoms with E-state index in [4.69, 9.17) is 18.5 Å². The molecule has 4 rings (SSSR count). The molecular formula is C48H71BF2N3O8P+. The summed E-state index contributed by atoms with van der Waals surface area (Å²) in [5, 5.41) is 0. The van der Waals surface area contributed by atoms with E-state index in [2.05, 4.69) is 6.92 Å². The van der Waals surface area contributed by atoms with Crippen molar-refractivity contribution in [1.82, 2.24) is 4.48 Å². The molecule has 0 fully saturated rings. The molecule has 1 aromatic heterocycles. The van der Waals surface area contributed by atoms with Crippen LogP contribution in [0, 0.1) is 0 Å². The second kappa shape index (κ2) is 26.9. The highest BCUT2D eigenvalue weighted by Gasteiger charge is 2.52. The minimum absolute atomic E-state index is 0.0626. The van der Waals surface area contributed by atoms with E-state index in [1.807, 2.05) is 63.6 Å². The van der Waals surface area contributed by atoms with Gasteiger partial charge in [0.2, 0.25) is 0 Å². The van der Waals surface area contributed by atoms with Gasteiger partial charge in [-0.05, 0) is 49.1 Å². The zero-order chi connectivity index (χ0) is 45.6. The van der Waals surface area contributed by atoms with Crippen LogP contribution in [0.15, 0.2) is 78.5 Å². The van der Waals surface area contributed by atoms with Crippen LogP contribution in [0.1, 0.15) is 133 Å². The van der Waals surface area contributed by atoms with Crippen LogP contribution >= 0.6 is 8.17 Å². The van der Waals surface area contributed by atoms with Crippen molar-refractivity contribution in [2.75, 3.05) is 47.5 Å². The molecule has 0 bridgehead atoms. The smallest absolute Gasteiger partial charge is 0.603 e. The summed E-state index contributed by atoms with van der Waals surface area (Å²) in [5.41, 5.74) is 2.65. The normalized spacial score (nSPS) is 16.0. The van der Waals surface area contributed by atoms with Gasteiger partial charge in [-0.1, -0.05) is 133 Å². The van der Waals surface area contributed by atoms with Crippen molar-refractivity contribution in [3.8, 4) is 0 Å². The molecule has 347 valence electrons. The van der Waals surface area contributed by atoms with Gasteiger partial charge in [-0.15, -0.1) is 0 Å². The quantitative estimate of drug-likeness (QED) is 0.0179. The van der Waals surface area contributed by atoms with E-state index in [1.165, 1.54) is 57.8 Å². The molecule has 2 aliphatic heterocycles. The Morgan fingerprint density at radius 2 is 1.41 bits per heavy atom. The Balaban J connectivity index is 1.23. The first-order valence-corrected chi connectivity index (χ1v) is 24.6. The maximum atomic E-state index is 16.3. The summed E-state index contributed by atoms with van der Waals surface area (Å²) < 4.78 is 56.2. The average molecular weight is 898 g/mol. The molecule has 1 atom stereocenters. The van der Waals surface area contributed by atoms with Crippen molar-refractivity contribution < 1.29 is 55.5 Å². The predicted octanol–water partition coefficient (Wildman–Crippen LogP) is 10.2. The molecular weight excluding hydrogens is 826 g/mol. The monoisotopic (exact) mass is 898 g/mol. The highest BCUT2D eigenvalue weighted by atomic mass is 31.2. The minimum atomic E-state index is -4.75. The number of nitrogens with zero attached hydrogens (tertiary/aromatic N) is 3. The van der Waals surface area contributed by atoms with E-state index in [1.54, 1.807) is 42.5 Å². The van der Waals surface area contributed by atoms with Crippen molar-refractivity contribution in [3.63, 3.8) is 0 Å². The third kappa shape index (κ3) is 19.1. The van der Waals surface area contributed by atoms with Crippen LogP contribution in [0.3, 0.4) is 0 Å². The highest BCUT2D eigenvalue weighted by Crippen LogP contribution is 2.48. The molecule has 1 aromatic carbocycles. The van der Waals surface area contributed by atoms with Gasteiger partial charge in [0.1, 0.15) is 26.4 Å². The average Bonchev–Trinajstić information content (AvgIpc) is 3.86. The highest BCUT2D eigenvalue weighted by molar-refractivity contribution is 7.52. The number of carbonyl (C=O) groups excluding carboxylic acids is 2.